The highest BCUT2D eigenvalue weighted by Gasteiger charge is 2.31. The second-order valence-electron chi connectivity index (χ2n) is 9.95. The van der Waals surface area contributed by atoms with Gasteiger partial charge in [0.05, 0.1) is 19.1 Å². The highest BCUT2D eigenvalue weighted by atomic mass is 32.2. The number of rotatable bonds is 10. The molecule has 0 bridgehead atoms. The number of nitrogens with zero attached hydrogens (tertiary/aromatic N) is 2. The summed E-state index contributed by atoms with van der Waals surface area (Å²) in [6, 6.07) is 12.1. The molecule has 1 aliphatic rings. The van der Waals surface area contributed by atoms with Crippen molar-refractivity contribution < 1.29 is 22.7 Å². The first-order valence-corrected chi connectivity index (χ1v) is 14.6. The molecule has 2 aromatic rings. The molecule has 1 aliphatic carbocycles. The minimum atomic E-state index is -3.77. The quantitative estimate of drug-likeness (QED) is 0.503. The Kier molecular flexibility index (Phi) is 9.59. The van der Waals surface area contributed by atoms with E-state index in [4.69, 9.17) is 4.74 Å². The standard InChI is InChI=1S/C28H39N3O5S/c1-20-11-12-21(2)26(17-20)31(37(5,34)35)19-27(32)30(18-23-13-15-25(36-4)16-14-23)22(3)28(33)29-24-9-7-6-8-10-24/h11-17,22,24H,6-10,18-19H2,1-5H3,(H,29,33). The summed E-state index contributed by atoms with van der Waals surface area (Å²) in [7, 11) is -2.19. The van der Waals surface area contributed by atoms with Crippen molar-refractivity contribution in [2.75, 3.05) is 24.2 Å². The summed E-state index contributed by atoms with van der Waals surface area (Å²) in [5.41, 5.74) is 2.90. The number of ether oxygens (including phenoxy) is 1. The van der Waals surface area contributed by atoms with Crippen LogP contribution in [-0.4, -0.2) is 57.1 Å². The lowest BCUT2D eigenvalue weighted by molar-refractivity contribution is -0.139. The number of anilines is 1. The minimum Gasteiger partial charge on any atom is -0.497 e. The Balaban J connectivity index is 1.90. The molecule has 202 valence electrons. The number of carbonyl (C=O) groups is 2. The summed E-state index contributed by atoms with van der Waals surface area (Å²) >= 11 is 0. The molecule has 1 atom stereocenters. The molecule has 8 nitrogen and oxygen atoms in total. The zero-order chi connectivity index (χ0) is 27.2. The van der Waals surface area contributed by atoms with Gasteiger partial charge in [0, 0.05) is 12.6 Å². The van der Waals surface area contributed by atoms with Gasteiger partial charge in [-0.15, -0.1) is 0 Å². The number of nitrogens with one attached hydrogen (secondary N) is 1. The molecule has 3 rings (SSSR count). The van der Waals surface area contributed by atoms with Crippen LogP contribution in [0.3, 0.4) is 0 Å². The van der Waals surface area contributed by atoms with Gasteiger partial charge < -0.3 is 15.0 Å². The predicted octanol–water partition coefficient (Wildman–Crippen LogP) is 3.94. The summed E-state index contributed by atoms with van der Waals surface area (Å²) in [6.45, 7) is 5.14. The van der Waals surface area contributed by atoms with Gasteiger partial charge in [-0.25, -0.2) is 8.42 Å². The van der Waals surface area contributed by atoms with Gasteiger partial charge in [-0.2, -0.15) is 0 Å². The zero-order valence-corrected chi connectivity index (χ0v) is 23.3. The molecule has 1 saturated carbocycles. The minimum absolute atomic E-state index is 0.101. The lowest BCUT2D eigenvalue weighted by atomic mass is 9.95. The summed E-state index contributed by atoms with van der Waals surface area (Å²) < 4.78 is 32.0. The number of amides is 2. The first-order chi connectivity index (χ1) is 17.5. The highest BCUT2D eigenvalue weighted by Crippen LogP contribution is 2.25. The number of benzene rings is 2. The van der Waals surface area contributed by atoms with Gasteiger partial charge in [-0.05, 0) is 68.5 Å². The van der Waals surface area contributed by atoms with Crippen molar-refractivity contribution in [1.82, 2.24) is 10.2 Å². The van der Waals surface area contributed by atoms with Crippen molar-refractivity contribution >= 4 is 27.5 Å². The van der Waals surface area contributed by atoms with E-state index in [0.29, 0.717) is 11.4 Å². The van der Waals surface area contributed by atoms with Crippen LogP contribution in [0.25, 0.3) is 0 Å². The average molecular weight is 530 g/mol. The molecule has 0 radical (unpaired) electrons. The molecule has 1 unspecified atom stereocenters. The molecule has 0 heterocycles. The van der Waals surface area contributed by atoms with Gasteiger partial charge >= 0.3 is 0 Å². The summed E-state index contributed by atoms with van der Waals surface area (Å²) in [5, 5.41) is 3.11. The number of sulfonamides is 1. The van der Waals surface area contributed by atoms with E-state index in [9.17, 15) is 18.0 Å². The van der Waals surface area contributed by atoms with E-state index in [0.717, 1.165) is 52.9 Å². The second-order valence-corrected chi connectivity index (χ2v) is 11.9. The molecule has 0 aromatic heterocycles. The van der Waals surface area contributed by atoms with E-state index in [1.54, 1.807) is 32.2 Å². The molecule has 1 fully saturated rings. The van der Waals surface area contributed by atoms with Gasteiger partial charge in [0.25, 0.3) is 0 Å². The Morgan fingerprint density at radius 3 is 2.30 bits per heavy atom. The molecule has 0 saturated heterocycles. The summed E-state index contributed by atoms with van der Waals surface area (Å²) in [4.78, 5) is 28.5. The van der Waals surface area contributed by atoms with Crippen molar-refractivity contribution in [3.05, 3.63) is 59.2 Å². The van der Waals surface area contributed by atoms with E-state index >= 15 is 0 Å². The van der Waals surface area contributed by atoms with Crippen LogP contribution in [0.15, 0.2) is 42.5 Å². The predicted molar refractivity (Wildman–Crippen MR) is 146 cm³/mol. The van der Waals surface area contributed by atoms with Crippen LogP contribution in [-0.2, 0) is 26.2 Å². The Bertz CT molecular complexity index is 1190. The SMILES string of the molecule is COc1ccc(CN(C(=O)CN(c2cc(C)ccc2C)S(C)(=O)=O)C(C)C(=O)NC2CCCCC2)cc1. The largest absolute Gasteiger partial charge is 0.497 e. The van der Waals surface area contributed by atoms with Crippen LogP contribution in [0.2, 0.25) is 0 Å². The van der Waals surface area contributed by atoms with E-state index in [2.05, 4.69) is 5.32 Å². The Morgan fingerprint density at radius 2 is 1.70 bits per heavy atom. The van der Waals surface area contributed by atoms with E-state index in [1.807, 2.05) is 38.1 Å². The fraction of sp³-hybridized carbons (Fsp3) is 0.500. The third kappa shape index (κ3) is 7.71. The van der Waals surface area contributed by atoms with Crippen molar-refractivity contribution in [3.8, 4) is 5.75 Å². The molecule has 9 heteroatoms. The maximum absolute atomic E-state index is 13.8. The van der Waals surface area contributed by atoms with E-state index in [-0.39, 0.29) is 18.5 Å². The molecule has 0 spiro atoms. The Morgan fingerprint density at radius 1 is 1.05 bits per heavy atom. The Labute approximate surface area is 221 Å². The molecule has 2 amide bonds. The topological polar surface area (TPSA) is 96.0 Å². The number of methoxy groups -OCH3 is 1. The number of carbonyl (C=O) groups excluding carboxylic acids is 2. The fourth-order valence-electron chi connectivity index (χ4n) is 4.66. The van der Waals surface area contributed by atoms with Gasteiger partial charge in [0.1, 0.15) is 18.3 Å². The molecular weight excluding hydrogens is 490 g/mol. The lowest BCUT2D eigenvalue weighted by Crippen LogP contribution is -2.53. The van der Waals surface area contributed by atoms with E-state index < -0.39 is 28.5 Å². The lowest BCUT2D eigenvalue weighted by Gasteiger charge is -2.33. The molecule has 1 N–H and O–H groups in total. The maximum atomic E-state index is 13.8. The van der Waals surface area contributed by atoms with Crippen molar-refractivity contribution in [2.45, 2.75) is 71.5 Å². The third-order valence-electron chi connectivity index (χ3n) is 6.94. The molecule has 37 heavy (non-hydrogen) atoms. The van der Waals surface area contributed by atoms with Crippen LogP contribution >= 0.6 is 0 Å². The second kappa shape index (κ2) is 12.4. The van der Waals surface area contributed by atoms with Crippen molar-refractivity contribution in [3.63, 3.8) is 0 Å². The van der Waals surface area contributed by atoms with Crippen LogP contribution in [0.1, 0.15) is 55.7 Å². The molecule has 0 aliphatic heterocycles. The first-order valence-electron chi connectivity index (χ1n) is 12.8. The van der Waals surface area contributed by atoms with Crippen LogP contribution in [0.5, 0.6) is 5.75 Å². The highest BCUT2D eigenvalue weighted by molar-refractivity contribution is 7.92. The van der Waals surface area contributed by atoms with Crippen LogP contribution < -0.4 is 14.4 Å². The van der Waals surface area contributed by atoms with E-state index in [1.165, 1.54) is 11.3 Å². The van der Waals surface area contributed by atoms with Crippen LogP contribution in [0.4, 0.5) is 5.69 Å². The number of hydrogen-bond donors (Lipinski definition) is 1. The zero-order valence-electron chi connectivity index (χ0n) is 22.5. The van der Waals surface area contributed by atoms with Gasteiger partial charge in [-0.3, -0.25) is 13.9 Å². The first kappa shape index (κ1) is 28.5. The van der Waals surface area contributed by atoms with Crippen LogP contribution in [0, 0.1) is 13.8 Å². The normalized spacial score (nSPS) is 15.1. The third-order valence-corrected chi connectivity index (χ3v) is 8.07. The van der Waals surface area contributed by atoms with Crippen molar-refractivity contribution in [1.29, 1.82) is 0 Å². The average Bonchev–Trinajstić information content (AvgIpc) is 2.87. The van der Waals surface area contributed by atoms with Gasteiger partial charge in [0.2, 0.25) is 21.8 Å². The van der Waals surface area contributed by atoms with Crippen molar-refractivity contribution in [2.24, 2.45) is 0 Å². The summed E-state index contributed by atoms with van der Waals surface area (Å²) in [5.74, 6) is 0.00253. The Hall–Kier alpha value is -3.07. The van der Waals surface area contributed by atoms with Gasteiger partial charge in [0.15, 0.2) is 0 Å². The summed E-state index contributed by atoms with van der Waals surface area (Å²) in [6.07, 6.45) is 6.28. The molecule has 2 aromatic carbocycles. The number of aryl methyl sites for hydroxylation is 2. The number of hydrogen-bond acceptors (Lipinski definition) is 5. The fourth-order valence-corrected chi connectivity index (χ4v) is 5.56. The van der Waals surface area contributed by atoms with Gasteiger partial charge in [-0.1, -0.05) is 43.5 Å². The smallest absolute Gasteiger partial charge is 0.244 e. The monoisotopic (exact) mass is 529 g/mol. The molecular formula is C28H39N3O5S. The maximum Gasteiger partial charge on any atom is 0.244 e.